The first-order valence-electron chi connectivity index (χ1n) is 3.96. The molecule has 1 rings (SSSR count). The molecule has 14 heavy (non-hydrogen) atoms. The van der Waals surface area contributed by atoms with Gasteiger partial charge in [-0.05, 0) is 13.8 Å². The molecule has 0 aliphatic rings. The first kappa shape index (κ1) is 19.5. The van der Waals surface area contributed by atoms with E-state index in [0.29, 0.717) is 0 Å². The molecular weight excluding hydrogens is 158 g/mol. The summed E-state index contributed by atoms with van der Waals surface area (Å²) in [5, 5.41) is 0. The smallest absolute Gasteiger partial charge is 0.0623 e. The van der Waals surface area contributed by atoms with Crippen molar-refractivity contribution in [3.63, 3.8) is 0 Å². The van der Waals surface area contributed by atoms with E-state index >= 15 is 0 Å². The van der Waals surface area contributed by atoms with Gasteiger partial charge in [0.1, 0.15) is 0 Å². The van der Waals surface area contributed by atoms with Gasteiger partial charge in [-0.2, -0.15) is 0 Å². The van der Waals surface area contributed by atoms with E-state index in [2.05, 4.69) is 13.2 Å². The van der Waals surface area contributed by atoms with Gasteiger partial charge in [0, 0.05) is 0 Å². The molecule has 1 aromatic carbocycles. The maximum absolute atomic E-state index is 3.66. The van der Waals surface area contributed by atoms with E-state index < -0.39 is 0 Å². The standard InChI is InChI=1S/C6H6.C6H10.2Li.2H/c1-2-4-6-5-3-1;1-5(2)6(3)4;;;;/h1-6H;1,3H2,2,4H3;;;;. The molecule has 1 aromatic rings. The van der Waals surface area contributed by atoms with Gasteiger partial charge in [-0.15, -0.1) is 0 Å². The number of allylic oxidation sites excluding steroid dienone is 2. The third kappa shape index (κ3) is 14.4. The van der Waals surface area contributed by atoms with Gasteiger partial charge in [-0.3, -0.25) is 0 Å². The monoisotopic (exact) mass is 176 g/mol. The van der Waals surface area contributed by atoms with Crippen LogP contribution in [-0.4, -0.2) is 37.7 Å². The molecule has 0 aromatic heterocycles. The molecule has 0 bridgehead atoms. The van der Waals surface area contributed by atoms with Gasteiger partial charge in [0.05, 0.1) is 0 Å². The average Bonchev–Trinajstić information content (AvgIpc) is 2.08. The average molecular weight is 176 g/mol. The fourth-order valence-corrected chi connectivity index (χ4v) is 0.385. The number of hydrogen-bond acceptors (Lipinski definition) is 0. The van der Waals surface area contributed by atoms with Crippen LogP contribution in [0.2, 0.25) is 0 Å². The molecule has 0 saturated heterocycles. The minimum atomic E-state index is 0. The van der Waals surface area contributed by atoms with Crippen LogP contribution in [0.3, 0.4) is 0 Å². The summed E-state index contributed by atoms with van der Waals surface area (Å²) < 4.78 is 0. The molecular formula is C12H18Li2. The Morgan fingerprint density at radius 1 is 0.643 bits per heavy atom. The quantitative estimate of drug-likeness (QED) is 0.455. The van der Waals surface area contributed by atoms with Crippen LogP contribution in [0.15, 0.2) is 60.7 Å². The molecule has 0 atom stereocenters. The second-order valence-corrected chi connectivity index (χ2v) is 2.72. The van der Waals surface area contributed by atoms with E-state index in [9.17, 15) is 0 Å². The van der Waals surface area contributed by atoms with Crippen LogP contribution in [0.4, 0.5) is 0 Å². The molecule has 68 valence electrons. The van der Waals surface area contributed by atoms with Crippen molar-refractivity contribution < 1.29 is 0 Å². The Kier molecular flexibility index (Phi) is 17.9. The molecule has 0 unspecified atom stereocenters. The summed E-state index contributed by atoms with van der Waals surface area (Å²) in [6, 6.07) is 12.0. The predicted molar refractivity (Wildman–Crippen MR) is 70.4 cm³/mol. The third-order valence-corrected chi connectivity index (χ3v) is 1.40. The van der Waals surface area contributed by atoms with Crippen LogP contribution in [0.5, 0.6) is 0 Å². The van der Waals surface area contributed by atoms with Crippen molar-refractivity contribution in [3.05, 3.63) is 60.7 Å². The number of benzene rings is 1. The fraction of sp³-hybridized carbons (Fsp3) is 0.167. The summed E-state index contributed by atoms with van der Waals surface area (Å²) in [6.45, 7) is 11.2. The largest absolute Gasteiger partial charge is 0.0623 e. The normalized spacial score (nSPS) is 6.71. The van der Waals surface area contributed by atoms with Crippen molar-refractivity contribution >= 4 is 37.7 Å². The van der Waals surface area contributed by atoms with Crippen LogP contribution >= 0.6 is 0 Å². The summed E-state index contributed by atoms with van der Waals surface area (Å²) >= 11 is 0. The van der Waals surface area contributed by atoms with Crippen molar-refractivity contribution in [2.75, 3.05) is 0 Å². The number of rotatable bonds is 1. The zero-order valence-corrected chi connectivity index (χ0v) is 7.88. The molecule has 2 heteroatoms. The van der Waals surface area contributed by atoms with Crippen LogP contribution in [0.1, 0.15) is 13.8 Å². The molecule has 0 aliphatic heterocycles. The van der Waals surface area contributed by atoms with Crippen molar-refractivity contribution in [2.24, 2.45) is 0 Å². The van der Waals surface area contributed by atoms with Gasteiger partial charge in [-0.1, -0.05) is 60.7 Å². The second kappa shape index (κ2) is 12.9. The predicted octanol–water partition coefficient (Wildman–Crippen LogP) is 2.53. The van der Waals surface area contributed by atoms with Gasteiger partial charge in [-0.25, -0.2) is 0 Å². The van der Waals surface area contributed by atoms with Gasteiger partial charge >= 0.3 is 37.7 Å². The maximum Gasteiger partial charge on any atom is -0.0623 e. The summed E-state index contributed by atoms with van der Waals surface area (Å²) in [5.74, 6) is 0. The molecule has 0 N–H and O–H groups in total. The molecule has 0 spiro atoms. The van der Waals surface area contributed by atoms with E-state index in [1.165, 1.54) is 0 Å². The third-order valence-electron chi connectivity index (χ3n) is 1.40. The Bertz CT molecular complexity index is 201. The minimum Gasteiger partial charge on any atom is -0.0623 e. The Hall–Kier alpha value is -0.105. The Morgan fingerprint density at radius 3 is 0.857 bits per heavy atom. The number of hydrogen-bond donors (Lipinski definition) is 0. The van der Waals surface area contributed by atoms with Crippen molar-refractivity contribution in [3.8, 4) is 0 Å². The molecule has 0 amide bonds. The van der Waals surface area contributed by atoms with Crippen LogP contribution < -0.4 is 0 Å². The molecule has 0 aliphatic carbocycles. The van der Waals surface area contributed by atoms with Crippen molar-refractivity contribution in [2.45, 2.75) is 13.8 Å². The van der Waals surface area contributed by atoms with Crippen molar-refractivity contribution in [1.29, 1.82) is 0 Å². The van der Waals surface area contributed by atoms with E-state index in [1.54, 1.807) is 0 Å². The molecule has 0 radical (unpaired) electrons. The van der Waals surface area contributed by atoms with E-state index in [-0.39, 0.29) is 37.7 Å². The minimum absolute atomic E-state index is 0. The summed E-state index contributed by atoms with van der Waals surface area (Å²) in [7, 11) is 0. The second-order valence-electron chi connectivity index (χ2n) is 2.72. The summed E-state index contributed by atoms with van der Waals surface area (Å²) in [4.78, 5) is 0. The molecule has 0 fully saturated rings. The Balaban J connectivity index is -0.000000151. The van der Waals surface area contributed by atoms with Gasteiger partial charge in [0.2, 0.25) is 0 Å². The zero-order chi connectivity index (χ0) is 9.40. The van der Waals surface area contributed by atoms with Crippen LogP contribution in [0.25, 0.3) is 0 Å². The zero-order valence-electron chi connectivity index (χ0n) is 7.88. The van der Waals surface area contributed by atoms with E-state index in [4.69, 9.17) is 0 Å². The van der Waals surface area contributed by atoms with Gasteiger partial charge in [0.25, 0.3) is 0 Å². The summed E-state index contributed by atoms with van der Waals surface area (Å²) in [6.07, 6.45) is 0. The SMILES string of the molecule is C=C(C)C(=C)C.[LiH].[LiH].c1ccccc1. The molecule has 0 nitrogen and oxygen atoms in total. The first-order valence-corrected chi connectivity index (χ1v) is 3.96. The maximum atomic E-state index is 3.66. The Labute approximate surface area is 112 Å². The van der Waals surface area contributed by atoms with Gasteiger partial charge < -0.3 is 0 Å². The van der Waals surface area contributed by atoms with Crippen LogP contribution in [0, 0.1) is 0 Å². The van der Waals surface area contributed by atoms with E-state index in [1.807, 2.05) is 50.2 Å². The summed E-state index contributed by atoms with van der Waals surface area (Å²) in [5.41, 5.74) is 2.13. The van der Waals surface area contributed by atoms with Crippen molar-refractivity contribution in [1.82, 2.24) is 0 Å². The topological polar surface area (TPSA) is 0 Å². The van der Waals surface area contributed by atoms with Crippen LogP contribution in [-0.2, 0) is 0 Å². The first-order chi connectivity index (χ1) is 5.64. The molecule has 0 saturated carbocycles. The fourth-order valence-electron chi connectivity index (χ4n) is 0.385. The Morgan fingerprint density at radius 2 is 0.786 bits per heavy atom. The van der Waals surface area contributed by atoms with Gasteiger partial charge in [0.15, 0.2) is 0 Å². The molecule has 0 heterocycles. The van der Waals surface area contributed by atoms with E-state index in [0.717, 1.165) is 11.1 Å².